The van der Waals surface area contributed by atoms with Crippen molar-refractivity contribution in [1.82, 2.24) is 14.7 Å². The molecule has 0 radical (unpaired) electrons. The summed E-state index contributed by atoms with van der Waals surface area (Å²) in [5.41, 5.74) is 0.559. The number of rotatable bonds is 1. The highest BCUT2D eigenvalue weighted by atomic mass is 19.1. The van der Waals surface area contributed by atoms with Crippen LogP contribution in [0.25, 0.3) is 0 Å². The lowest BCUT2D eigenvalue weighted by Gasteiger charge is -2.46. The SMILES string of the molecule is Cc1cc2n(n1)C1(CCN(C(=O)c3ccccc3F)CC1)CC(=O)N2C. The maximum absolute atomic E-state index is 13.9. The van der Waals surface area contributed by atoms with Crippen molar-refractivity contribution < 1.29 is 14.0 Å². The van der Waals surface area contributed by atoms with Gasteiger partial charge in [-0.1, -0.05) is 12.1 Å². The third kappa shape index (κ3) is 2.50. The van der Waals surface area contributed by atoms with Crippen LogP contribution in [0.5, 0.6) is 0 Å². The first-order valence-corrected chi connectivity index (χ1v) is 8.79. The molecule has 0 saturated carbocycles. The summed E-state index contributed by atoms with van der Waals surface area (Å²) in [4.78, 5) is 28.4. The Balaban J connectivity index is 1.58. The Kier molecular flexibility index (Phi) is 3.82. The Hall–Kier alpha value is -2.70. The summed E-state index contributed by atoms with van der Waals surface area (Å²) >= 11 is 0. The van der Waals surface area contributed by atoms with Gasteiger partial charge >= 0.3 is 0 Å². The van der Waals surface area contributed by atoms with Gasteiger partial charge < -0.3 is 9.80 Å². The van der Waals surface area contributed by atoms with E-state index in [1.165, 1.54) is 12.1 Å². The maximum Gasteiger partial charge on any atom is 0.256 e. The van der Waals surface area contributed by atoms with Crippen LogP contribution in [0, 0.1) is 12.7 Å². The number of carbonyl (C=O) groups is 2. The molecule has 0 aliphatic carbocycles. The first kappa shape index (κ1) is 16.8. The molecule has 0 unspecified atom stereocenters. The molecular weight excluding hydrogens is 335 g/mol. The van der Waals surface area contributed by atoms with Crippen LogP contribution in [0.1, 0.15) is 35.3 Å². The van der Waals surface area contributed by atoms with Crippen LogP contribution in [0.3, 0.4) is 0 Å². The number of aromatic nitrogens is 2. The zero-order valence-corrected chi connectivity index (χ0v) is 14.9. The number of carbonyl (C=O) groups excluding carboxylic acids is 2. The number of halogens is 1. The van der Waals surface area contributed by atoms with Crippen LogP contribution in [-0.4, -0.2) is 46.6 Å². The molecule has 0 bridgehead atoms. The molecule has 26 heavy (non-hydrogen) atoms. The lowest BCUT2D eigenvalue weighted by atomic mass is 9.82. The number of likely N-dealkylation sites (tertiary alicyclic amines) is 1. The number of nitrogens with zero attached hydrogens (tertiary/aromatic N) is 4. The largest absolute Gasteiger partial charge is 0.338 e. The Morgan fingerprint density at radius 1 is 1.23 bits per heavy atom. The molecule has 2 amide bonds. The lowest BCUT2D eigenvalue weighted by molar-refractivity contribution is -0.122. The summed E-state index contributed by atoms with van der Waals surface area (Å²) in [6.45, 7) is 2.86. The van der Waals surface area contributed by atoms with Crippen LogP contribution in [0.4, 0.5) is 10.2 Å². The molecule has 136 valence electrons. The Morgan fingerprint density at radius 2 is 1.92 bits per heavy atom. The van der Waals surface area contributed by atoms with E-state index in [1.54, 1.807) is 29.0 Å². The number of benzene rings is 1. The molecule has 0 atom stereocenters. The van der Waals surface area contributed by atoms with Gasteiger partial charge in [0.25, 0.3) is 5.91 Å². The fourth-order valence-electron chi connectivity index (χ4n) is 4.00. The van der Waals surface area contributed by atoms with Crippen molar-refractivity contribution in [2.24, 2.45) is 0 Å². The van der Waals surface area contributed by atoms with E-state index in [2.05, 4.69) is 5.10 Å². The highest BCUT2D eigenvalue weighted by Gasteiger charge is 2.45. The van der Waals surface area contributed by atoms with Gasteiger partial charge in [-0.15, -0.1) is 0 Å². The summed E-state index contributed by atoms with van der Waals surface area (Å²) < 4.78 is 15.9. The summed E-state index contributed by atoms with van der Waals surface area (Å²) in [5.74, 6) is 0.0604. The molecule has 0 N–H and O–H groups in total. The first-order valence-electron chi connectivity index (χ1n) is 8.79. The fourth-order valence-corrected chi connectivity index (χ4v) is 4.00. The van der Waals surface area contributed by atoms with E-state index in [0.29, 0.717) is 32.4 Å². The highest BCUT2D eigenvalue weighted by molar-refractivity contribution is 5.95. The Morgan fingerprint density at radius 3 is 2.62 bits per heavy atom. The van der Waals surface area contributed by atoms with Crippen LogP contribution >= 0.6 is 0 Å². The minimum atomic E-state index is -0.503. The van der Waals surface area contributed by atoms with Gasteiger partial charge in [-0.25, -0.2) is 9.07 Å². The quantitative estimate of drug-likeness (QED) is 0.788. The third-order valence-corrected chi connectivity index (χ3v) is 5.55. The molecule has 1 spiro atoms. The molecule has 1 aromatic heterocycles. The minimum absolute atomic E-state index is 0.0614. The van der Waals surface area contributed by atoms with Gasteiger partial charge in [-0.2, -0.15) is 5.10 Å². The van der Waals surface area contributed by atoms with Crippen molar-refractivity contribution in [3.05, 3.63) is 47.4 Å². The monoisotopic (exact) mass is 356 g/mol. The van der Waals surface area contributed by atoms with Crippen LogP contribution < -0.4 is 4.90 Å². The fraction of sp³-hybridized carbons (Fsp3) is 0.421. The topological polar surface area (TPSA) is 58.4 Å². The summed E-state index contributed by atoms with van der Waals surface area (Å²) in [5, 5.41) is 4.61. The molecule has 2 aliphatic rings. The van der Waals surface area contributed by atoms with Gasteiger partial charge in [0, 0.05) is 26.2 Å². The van der Waals surface area contributed by atoms with E-state index in [-0.39, 0.29) is 17.4 Å². The zero-order valence-electron chi connectivity index (χ0n) is 14.9. The molecule has 1 aromatic carbocycles. The van der Waals surface area contributed by atoms with Crippen molar-refractivity contribution >= 4 is 17.6 Å². The number of piperidine rings is 1. The average Bonchev–Trinajstić information content (AvgIpc) is 3.03. The molecule has 7 heteroatoms. The number of anilines is 1. The van der Waals surface area contributed by atoms with Crippen molar-refractivity contribution in [2.45, 2.75) is 31.7 Å². The maximum atomic E-state index is 13.9. The van der Waals surface area contributed by atoms with Crippen molar-refractivity contribution in [2.75, 3.05) is 25.0 Å². The number of hydrogen-bond acceptors (Lipinski definition) is 3. The van der Waals surface area contributed by atoms with E-state index >= 15 is 0 Å². The second-order valence-electron chi connectivity index (χ2n) is 7.18. The predicted octanol–water partition coefficient (Wildman–Crippen LogP) is 2.33. The second-order valence-corrected chi connectivity index (χ2v) is 7.18. The van der Waals surface area contributed by atoms with E-state index in [9.17, 15) is 14.0 Å². The Bertz CT molecular complexity index is 883. The predicted molar refractivity (Wildman–Crippen MR) is 94.5 cm³/mol. The second kappa shape index (κ2) is 5.93. The van der Waals surface area contributed by atoms with Crippen LogP contribution in [-0.2, 0) is 10.3 Å². The summed E-state index contributed by atoms with van der Waals surface area (Å²) in [6.07, 6.45) is 1.63. The van der Waals surface area contributed by atoms with Gasteiger partial charge in [0.15, 0.2) is 0 Å². The molecule has 2 aromatic rings. The van der Waals surface area contributed by atoms with E-state index in [4.69, 9.17) is 0 Å². The minimum Gasteiger partial charge on any atom is -0.338 e. The van der Waals surface area contributed by atoms with Gasteiger partial charge in [0.05, 0.1) is 23.2 Å². The van der Waals surface area contributed by atoms with Crippen LogP contribution in [0.15, 0.2) is 30.3 Å². The molecule has 1 saturated heterocycles. The summed E-state index contributed by atoms with van der Waals surface area (Å²) in [6, 6.07) is 7.96. The summed E-state index contributed by atoms with van der Waals surface area (Å²) in [7, 11) is 1.76. The number of amides is 2. The molecular formula is C19H21FN4O2. The van der Waals surface area contributed by atoms with Crippen molar-refractivity contribution in [1.29, 1.82) is 0 Å². The van der Waals surface area contributed by atoms with Crippen molar-refractivity contribution in [3.8, 4) is 0 Å². The van der Waals surface area contributed by atoms with Gasteiger partial charge in [0.1, 0.15) is 11.6 Å². The van der Waals surface area contributed by atoms with Crippen LogP contribution in [0.2, 0.25) is 0 Å². The molecule has 3 heterocycles. The third-order valence-electron chi connectivity index (χ3n) is 5.55. The van der Waals surface area contributed by atoms with Gasteiger partial charge in [-0.05, 0) is 31.9 Å². The van der Waals surface area contributed by atoms with E-state index in [0.717, 1.165) is 11.5 Å². The van der Waals surface area contributed by atoms with Gasteiger partial charge in [0.2, 0.25) is 5.91 Å². The number of aryl methyl sites for hydroxylation is 1. The molecule has 2 aliphatic heterocycles. The average molecular weight is 356 g/mol. The lowest BCUT2D eigenvalue weighted by Crippen LogP contribution is -2.54. The smallest absolute Gasteiger partial charge is 0.256 e. The molecule has 1 fully saturated rings. The normalized spacial score (nSPS) is 19.0. The zero-order chi connectivity index (χ0) is 18.5. The van der Waals surface area contributed by atoms with E-state index < -0.39 is 11.4 Å². The highest BCUT2D eigenvalue weighted by Crippen LogP contribution is 2.41. The Labute approximate surface area is 151 Å². The van der Waals surface area contributed by atoms with Crippen molar-refractivity contribution in [3.63, 3.8) is 0 Å². The molecule has 4 rings (SSSR count). The van der Waals surface area contributed by atoms with Gasteiger partial charge in [-0.3, -0.25) is 9.59 Å². The molecule has 6 nitrogen and oxygen atoms in total. The standard InChI is InChI=1S/C19H21FN4O2/c1-13-11-16-22(2)17(25)12-19(24(16)21-13)7-9-23(10-8-19)18(26)14-5-3-4-6-15(14)20/h3-6,11H,7-10,12H2,1-2H3. The number of hydrogen-bond donors (Lipinski definition) is 0. The first-order chi connectivity index (χ1) is 12.4. The number of fused-ring (bicyclic) bond motifs is 2. The van der Waals surface area contributed by atoms with E-state index in [1.807, 2.05) is 17.7 Å².